The summed E-state index contributed by atoms with van der Waals surface area (Å²) in [4.78, 5) is 106. The van der Waals surface area contributed by atoms with Crippen molar-refractivity contribution in [2.75, 3.05) is 73.1 Å². The molecule has 2 aromatic rings. The molecule has 3 N–H and O–H groups in total. The molecule has 2 fully saturated rings. The smallest absolute Gasteiger partial charge is 0.407 e. The van der Waals surface area contributed by atoms with E-state index in [1.807, 2.05) is 45.0 Å². The standard InChI is InChI=1S/C53H71ClN4O18/c1-33(2)28-42-50(64)73-40(8-7-9-43(59)57-39(30-36-12-15-41(67-6)38(54)29-36)49(63)56-32-53(4,5)51(65)74-42)34(3)47-48(75-47)37-13-10-35(11-14-37)31-72-52(66)55-19-21-69-23-25-71-27-26-70-24-22-68-20-18-46(62)76-58-44(60)16-17-45(58)61/h7,9-15,29,33-34,39-40,42,47-48H,8,16-28,30-32H2,1-6H3,(H,55,66)(H,56,63)(H,57,59)/b9-7-/t34-,39+,40-,42-,47-,48-/m0/s1. The minimum Gasteiger partial charge on any atom is -0.495 e. The normalized spacial score (nSPS) is 22.0. The number of epoxide rings is 1. The van der Waals surface area contributed by atoms with Gasteiger partial charge in [0.05, 0.1) is 82.9 Å². The number of cyclic esters (lactones) is 2. The van der Waals surface area contributed by atoms with Gasteiger partial charge >= 0.3 is 24.0 Å². The summed E-state index contributed by atoms with van der Waals surface area (Å²) in [5.41, 5.74) is 0.979. The Balaban J connectivity index is 1.02. The molecule has 0 spiro atoms. The molecule has 3 heterocycles. The Kier molecular flexibility index (Phi) is 24.4. The van der Waals surface area contributed by atoms with Crippen LogP contribution in [0.2, 0.25) is 5.02 Å². The highest BCUT2D eigenvalue weighted by Gasteiger charge is 2.48. The third kappa shape index (κ3) is 20.1. The molecule has 5 rings (SSSR count). The molecule has 0 saturated carbocycles. The maximum Gasteiger partial charge on any atom is 0.407 e. The van der Waals surface area contributed by atoms with Crippen LogP contribution in [0.1, 0.15) is 89.5 Å². The van der Waals surface area contributed by atoms with Gasteiger partial charge in [-0.2, -0.15) is 0 Å². The number of esters is 2. The zero-order valence-electron chi connectivity index (χ0n) is 43.9. The van der Waals surface area contributed by atoms with E-state index in [0.717, 1.165) is 11.1 Å². The summed E-state index contributed by atoms with van der Waals surface area (Å²) in [6.07, 6.45) is -0.207. The molecular weight excluding hydrogens is 1020 g/mol. The third-order valence-electron chi connectivity index (χ3n) is 12.2. The second-order valence-electron chi connectivity index (χ2n) is 19.3. The van der Waals surface area contributed by atoms with Gasteiger partial charge in [-0.15, -0.1) is 5.06 Å². The van der Waals surface area contributed by atoms with Gasteiger partial charge in [0.2, 0.25) is 11.8 Å². The van der Waals surface area contributed by atoms with Gasteiger partial charge < -0.3 is 63.4 Å². The van der Waals surface area contributed by atoms with Crippen LogP contribution in [0.4, 0.5) is 4.79 Å². The van der Waals surface area contributed by atoms with E-state index in [-0.39, 0.29) is 103 Å². The molecule has 2 aromatic carbocycles. The molecule has 0 aromatic heterocycles. The summed E-state index contributed by atoms with van der Waals surface area (Å²) in [5.74, 6) is -4.34. The number of hydroxylamine groups is 2. The van der Waals surface area contributed by atoms with Gasteiger partial charge in [-0.1, -0.05) is 68.8 Å². The van der Waals surface area contributed by atoms with Gasteiger partial charge in [-0.3, -0.25) is 24.0 Å². The topological polar surface area (TPSA) is 271 Å². The maximum absolute atomic E-state index is 13.9. The first kappa shape index (κ1) is 60.7. The quantitative estimate of drug-likeness (QED) is 0.0387. The minimum absolute atomic E-state index is 0.0126. The summed E-state index contributed by atoms with van der Waals surface area (Å²) in [6.45, 7) is 10.9. The van der Waals surface area contributed by atoms with E-state index in [1.54, 1.807) is 38.1 Å². The number of methoxy groups -OCH3 is 1. The number of hydrogen-bond acceptors (Lipinski definition) is 18. The zero-order valence-corrected chi connectivity index (χ0v) is 44.7. The Hall–Kier alpha value is -6.17. The molecule has 2 saturated heterocycles. The van der Waals surface area contributed by atoms with Crippen molar-refractivity contribution in [2.24, 2.45) is 17.3 Å². The van der Waals surface area contributed by atoms with Crippen LogP contribution in [-0.2, 0) is 89.3 Å². The molecule has 0 bridgehead atoms. The summed E-state index contributed by atoms with van der Waals surface area (Å²) in [7, 11) is 1.49. The lowest BCUT2D eigenvalue weighted by Crippen LogP contribution is -2.51. The summed E-state index contributed by atoms with van der Waals surface area (Å²) < 4.78 is 50.4. The van der Waals surface area contributed by atoms with Crippen molar-refractivity contribution in [1.82, 2.24) is 21.0 Å². The lowest BCUT2D eigenvalue weighted by Gasteiger charge is -2.29. The number of carbonyl (C=O) groups excluding carboxylic acids is 8. The van der Waals surface area contributed by atoms with Crippen molar-refractivity contribution < 1.29 is 85.8 Å². The highest BCUT2D eigenvalue weighted by atomic mass is 35.5. The number of benzene rings is 2. The molecule has 3 aliphatic rings. The van der Waals surface area contributed by atoms with Gasteiger partial charge in [0.1, 0.15) is 30.6 Å². The predicted octanol–water partition coefficient (Wildman–Crippen LogP) is 4.41. The van der Waals surface area contributed by atoms with Crippen LogP contribution >= 0.6 is 11.6 Å². The number of nitrogens with zero attached hydrogens (tertiary/aromatic N) is 1. The van der Waals surface area contributed by atoms with Crippen LogP contribution in [0.3, 0.4) is 0 Å². The Morgan fingerprint density at radius 2 is 1.47 bits per heavy atom. The Morgan fingerprint density at radius 3 is 2.11 bits per heavy atom. The van der Waals surface area contributed by atoms with Gasteiger partial charge in [-0.05, 0) is 61.1 Å². The fraction of sp³-hybridized carbons (Fsp3) is 0.585. The van der Waals surface area contributed by atoms with Crippen LogP contribution in [0.25, 0.3) is 0 Å². The number of nitrogens with one attached hydrogen (secondary N) is 3. The van der Waals surface area contributed by atoms with E-state index in [2.05, 4.69) is 16.0 Å². The summed E-state index contributed by atoms with van der Waals surface area (Å²) in [5, 5.41) is 9.00. The largest absolute Gasteiger partial charge is 0.495 e. The zero-order chi connectivity index (χ0) is 55.2. The number of carbonyl (C=O) groups is 8. The van der Waals surface area contributed by atoms with Crippen molar-refractivity contribution in [3.63, 3.8) is 0 Å². The number of imide groups is 1. The van der Waals surface area contributed by atoms with Crippen LogP contribution in [0.15, 0.2) is 54.6 Å². The molecule has 418 valence electrons. The Labute approximate surface area is 447 Å². The summed E-state index contributed by atoms with van der Waals surface area (Å²) in [6, 6.07) is 11.4. The molecule has 0 radical (unpaired) electrons. The van der Waals surface area contributed by atoms with E-state index >= 15 is 0 Å². The molecule has 0 unspecified atom stereocenters. The van der Waals surface area contributed by atoms with Crippen molar-refractivity contribution >= 4 is 59.2 Å². The van der Waals surface area contributed by atoms with Gasteiger partial charge in [0.15, 0.2) is 6.10 Å². The first-order chi connectivity index (χ1) is 36.3. The van der Waals surface area contributed by atoms with Crippen molar-refractivity contribution in [1.29, 1.82) is 0 Å². The first-order valence-electron chi connectivity index (χ1n) is 25.4. The second-order valence-corrected chi connectivity index (χ2v) is 19.7. The molecule has 23 heteroatoms. The third-order valence-corrected chi connectivity index (χ3v) is 12.5. The molecule has 0 aliphatic carbocycles. The highest BCUT2D eigenvalue weighted by Crippen LogP contribution is 2.45. The fourth-order valence-corrected chi connectivity index (χ4v) is 8.05. The number of ether oxygens (including phenoxy) is 9. The van der Waals surface area contributed by atoms with E-state index in [4.69, 9.17) is 59.1 Å². The lowest BCUT2D eigenvalue weighted by atomic mass is 9.92. The molecule has 5 amide bonds. The summed E-state index contributed by atoms with van der Waals surface area (Å²) >= 11 is 6.36. The van der Waals surface area contributed by atoms with E-state index in [1.165, 1.54) is 13.2 Å². The number of alkyl carbamates (subject to hydrolysis) is 1. The molecular formula is C53H71ClN4O18. The minimum atomic E-state index is -1.26. The highest BCUT2D eigenvalue weighted by molar-refractivity contribution is 6.32. The van der Waals surface area contributed by atoms with Crippen molar-refractivity contribution in [2.45, 2.75) is 110 Å². The molecule has 6 atom stereocenters. The Morgan fingerprint density at radius 1 is 0.842 bits per heavy atom. The van der Waals surface area contributed by atoms with Gasteiger partial charge in [0, 0.05) is 44.7 Å². The predicted molar refractivity (Wildman–Crippen MR) is 270 cm³/mol. The van der Waals surface area contributed by atoms with Crippen LogP contribution in [-0.4, -0.2) is 150 Å². The average Bonchev–Trinajstić information content (AvgIpc) is 4.13. The molecule has 22 nitrogen and oxygen atoms in total. The van der Waals surface area contributed by atoms with Crippen molar-refractivity contribution in [3.8, 4) is 5.75 Å². The monoisotopic (exact) mass is 1090 g/mol. The van der Waals surface area contributed by atoms with Crippen LogP contribution < -0.4 is 20.7 Å². The second kappa shape index (κ2) is 30.5. The number of rotatable bonds is 26. The number of amides is 5. The first-order valence-corrected chi connectivity index (χ1v) is 25.7. The number of hydrogen-bond donors (Lipinski definition) is 3. The van der Waals surface area contributed by atoms with E-state index in [9.17, 15) is 38.4 Å². The van der Waals surface area contributed by atoms with E-state index < -0.39 is 77.2 Å². The van der Waals surface area contributed by atoms with Gasteiger partial charge in [-0.25, -0.2) is 14.4 Å². The van der Waals surface area contributed by atoms with E-state index in [0.29, 0.717) is 47.8 Å². The molecule has 3 aliphatic heterocycles. The van der Waals surface area contributed by atoms with Crippen LogP contribution in [0, 0.1) is 17.3 Å². The maximum atomic E-state index is 13.9. The van der Waals surface area contributed by atoms with Crippen LogP contribution in [0.5, 0.6) is 5.75 Å². The Bertz CT molecular complexity index is 2310. The lowest BCUT2D eigenvalue weighted by molar-refractivity contribution is -0.198. The molecule has 76 heavy (non-hydrogen) atoms. The number of halogens is 1. The SMILES string of the molecule is COc1ccc(C[C@H]2NC(=O)/C=C\C[C@@H]([C@H](C)[C@@H]3O[C@H]3c3ccc(COC(=O)NCCOCCOCCOCCOCCC(=O)ON4C(=O)CCC4=O)cc3)OC(=O)[C@H](CC(C)C)OC(=O)C(C)(C)CNC2=O)cc1Cl. The fourth-order valence-electron chi connectivity index (χ4n) is 7.77. The average molecular weight is 1090 g/mol. The van der Waals surface area contributed by atoms with Gasteiger partial charge in [0.25, 0.3) is 11.8 Å². The van der Waals surface area contributed by atoms with Crippen molar-refractivity contribution in [3.05, 3.63) is 76.3 Å².